The van der Waals surface area contributed by atoms with Crippen molar-refractivity contribution in [1.82, 2.24) is 24.8 Å². The zero-order valence-corrected chi connectivity index (χ0v) is 22.8. The van der Waals surface area contributed by atoms with Gasteiger partial charge in [-0.2, -0.15) is 13.5 Å². The number of hydrogen-bond acceptors (Lipinski definition) is 8. The molecule has 1 aromatic heterocycles. The molecular weight excluding hydrogens is 556 g/mol. The fourth-order valence-corrected chi connectivity index (χ4v) is 6.48. The summed E-state index contributed by atoms with van der Waals surface area (Å²) in [6.45, 7) is 0.133. The summed E-state index contributed by atoms with van der Waals surface area (Å²) >= 11 is 0. The number of urea groups is 2. The maximum Gasteiger partial charge on any atom is 0.362 e. The first-order valence-corrected chi connectivity index (χ1v) is 14.7. The minimum absolute atomic E-state index is 0.0114. The monoisotopic (exact) mass is 586 g/mol. The van der Waals surface area contributed by atoms with Crippen molar-refractivity contribution in [2.45, 2.75) is 50.2 Å². The number of rotatable bonds is 8. The van der Waals surface area contributed by atoms with E-state index >= 15 is 0 Å². The Kier molecular flexibility index (Phi) is 8.08. The SMILES string of the molecule is O=C(N[C@H]1C(=O)N(S(=O)(=O)O)[C@@H]1C1CCCCC1)C(NC(=O)N1CCN(/N=C/c2ccco2)C1=O)c1ccccc1. The van der Waals surface area contributed by atoms with E-state index in [0.29, 0.717) is 28.5 Å². The smallest absolute Gasteiger partial charge is 0.362 e. The fourth-order valence-electron chi connectivity index (χ4n) is 5.53. The molecule has 1 aliphatic carbocycles. The molecule has 2 saturated heterocycles. The van der Waals surface area contributed by atoms with Gasteiger partial charge in [0.1, 0.15) is 17.8 Å². The Morgan fingerprint density at radius 2 is 1.78 bits per heavy atom. The average Bonchev–Trinajstić information content (AvgIpc) is 3.61. The number of carbonyl (C=O) groups excluding carboxylic acids is 4. The highest BCUT2D eigenvalue weighted by Crippen LogP contribution is 2.37. The fraction of sp³-hybridized carbons (Fsp3) is 0.423. The first-order chi connectivity index (χ1) is 19.6. The summed E-state index contributed by atoms with van der Waals surface area (Å²) in [7, 11) is -4.82. The van der Waals surface area contributed by atoms with Crippen LogP contribution in [0.15, 0.2) is 58.2 Å². The van der Waals surface area contributed by atoms with Crippen molar-refractivity contribution in [2.75, 3.05) is 13.1 Å². The number of hydrazone groups is 1. The van der Waals surface area contributed by atoms with Crippen LogP contribution in [-0.2, 0) is 19.9 Å². The van der Waals surface area contributed by atoms with Gasteiger partial charge in [-0.05, 0) is 36.5 Å². The molecule has 218 valence electrons. The van der Waals surface area contributed by atoms with Crippen LogP contribution in [-0.4, -0.2) is 82.4 Å². The van der Waals surface area contributed by atoms with Crippen LogP contribution in [0.25, 0.3) is 0 Å². The second kappa shape index (κ2) is 11.7. The van der Waals surface area contributed by atoms with E-state index in [1.807, 2.05) is 0 Å². The van der Waals surface area contributed by atoms with Crippen molar-refractivity contribution in [3.63, 3.8) is 0 Å². The normalized spacial score (nSPS) is 22.6. The number of nitrogens with zero attached hydrogens (tertiary/aromatic N) is 4. The Hall–Kier alpha value is -4.24. The lowest BCUT2D eigenvalue weighted by Crippen LogP contribution is -2.74. The molecule has 3 fully saturated rings. The maximum atomic E-state index is 13.6. The van der Waals surface area contributed by atoms with Crippen LogP contribution in [0.3, 0.4) is 0 Å². The molecule has 3 heterocycles. The van der Waals surface area contributed by atoms with Gasteiger partial charge in [0.25, 0.3) is 5.91 Å². The lowest BCUT2D eigenvalue weighted by atomic mass is 9.77. The van der Waals surface area contributed by atoms with Gasteiger partial charge in [-0.25, -0.2) is 23.8 Å². The molecule has 0 radical (unpaired) electrons. The largest absolute Gasteiger partial charge is 0.463 e. The number of amides is 6. The molecule has 1 unspecified atom stereocenters. The van der Waals surface area contributed by atoms with Crippen molar-refractivity contribution in [1.29, 1.82) is 0 Å². The Balaban J connectivity index is 1.31. The molecule has 1 saturated carbocycles. The number of hydrogen-bond donors (Lipinski definition) is 3. The molecule has 14 nitrogen and oxygen atoms in total. The molecule has 5 rings (SSSR count). The van der Waals surface area contributed by atoms with E-state index < -0.39 is 52.3 Å². The summed E-state index contributed by atoms with van der Waals surface area (Å²) in [5.74, 6) is -1.52. The number of β-lactam (4-membered cyclic amide) rings is 1. The number of benzene rings is 1. The molecule has 0 bridgehead atoms. The number of imide groups is 1. The third-order valence-corrected chi connectivity index (χ3v) is 8.46. The van der Waals surface area contributed by atoms with E-state index in [1.165, 1.54) is 12.5 Å². The maximum absolute atomic E-state index is 13.6. The lowest BCUT2D eigenvalue weighted by Gasteiger charge is -2.49. The molecule has 3 atom stereocenters. The minimum Gasteiger partial charge on any atom is -0.463 e. The van der Waals surface area contributed by atoms with Gasteiger partial charge in [0, 0.05) is 0 Å². The van der Waals surface area contributed by atoms with Crippen LogP contribution in [0.1, 0.15) is 49.5 Å². The van der Waals surface area contributed by atoms with Crippen LogP contribution >= 0.6 is 0 Å². The minimum atomic E-state index is -4.82. The quantitative estimate of drug-likeness (QED) is 0.238. The zero-order chi connectivity index (χ0) is 29.1. The molecule has 3 aliphatic rings. The summed E-state index contributed by atoms with van der Waals surface area (Å²) in [4.78, 5) is 53.3. The first kappa shape index (κ1) is 28.3. The van der Waals surface area contributed by atoms with E-state index in [0.717, 1.165) is 29.2 Å². The van der Waals surface area contributed by atoms with E-state index in [1.54, 1.807) is 42.5 Å². The Morgan fingerprint density at radius 1 is 1.05 bits per heavy atom. The van der Waals surface area contributed by atoms with Crippen LogP contribution in [0, 0.1) is 5.92 Å². The number of carbonyl (C=O) groups is 4. The second-order valence-corrected chi connectivity index (χ2v) is 11.4. The molecule has 6 amide bonds. The second-order valence-electron chi connectivity index (χ2n) is 10.1. The lowest BCUT2D eigenvalue weighted by molar-refractivity contribution is -0.149. The molecule has 3 N–H and O–H groups in total. The summed E-state index contributed by atoms with van der Waals surface area (Å²) in [6.07, 6.45) is 6.73. The van der Waals surface area contributed by atoms with Gasteiger partial charge in [-0.1, -0.05) is 49.6 Å². The van der Waals surface area contributed by atoms with E-state index in [4.69, 9.17) is 4.42 Å². The Morgan fingerprint density at radius 3 is 2.44 bits per heavy atom. The van der Waals surface area contributed by atoms with Gasteiger partial charge in [-0.3, -0.25) is 14.1 Å². The highest BCUT2D eigenvalue weighted by atomic mass is 32.2. The Labute approximate surface area is 236 Å². The molecule has 41 heavy (non-hydrogen) atoms. The molecule has 1 aromatic carbocycles. The van der Waals surface area contributed by atoms with Crippen molar-refractivity contribution in [3.05, 3.63) is 60.1 Å². The molecule has 0 spiro atoms. The summed E-state index contributed by atoms with van der Waals surface area (Å²) in [5.41, 5.74) is 0.380. The van der Waals surface area contributed by atoms with Gasteiger partial charge in [-0.15, -0.1) is 0 Å². The predicted octanol–water partition coefficient (Wildman–Crippen LogP) is 1.88. The van der Waals surface area contributed by atoms with Crippen LogP contribution in [0.5, 0.6) is 0 Å². The van der Waals surface area contributed by atoms with Crippen LogP contribution in [0.2, 0.25) is 0 Å². The van der Waals surface area contributed by atoms with E-state index in [-0.39, 0.29) is 19.0 Å². The van der Waals surface area contributed by atoms with Crippen LogP contribution < -0.4 is 10.6 Å². The van der Waals surface area contributed by atoms with Gasteiger partial charge in [0.2, 0.25) is 5.91 Å². The molecular formula is C26H30N6O8S. The van der Waals surface area contributed by atoms with Gasteiger partial charge in [0.15, 0.2) is 0 Å². The Bertz CT molecular complexity index is 1420. The summed E-state index contributed by atoms with van der Waals surface area (Å²) < 4.78 is 39.2. The zero-order valence-electron chi connectivity index (χ0n) is 22.0. The van der Waals surface area contributed by atoms with Crippen molar-refractivity contribution in [2.24, 2.45) is 11.0 Å². The third kappa shape index (κ3) is 5.95. The number of furan rings is 1. The highest BCUT2D eigenvalue weighted by Gasteiger charge is 2.57. The van der Waals surface area contributed by atoms with Gasteiger partial charge < -0.3 is 15.1 Å². The van der Waals surface area contributed by atoms with Crippen molar-refractivity contribution < 1.29 is 36.6 Å². The van der Waals surface area contributed by atoms with Gasteiger partial charge >= 0.3 is 22.4 Å². The average molecular weight is 587 g/mol. The van der Waals surface area contributed by atoms with Crippen molar-refractivity contribution >= 4 is 40.4 Å². The topological polar surface area (TPSA) is 182 Å². The van der Waals surface area contributed by atoms with Gasteiger partial charge in [0.05, 0.1) is 31.6 Å². The highest BCUT2D eigenvalue weighted by molar-refractivity contribution is 7.84. The van der Waals surface area contributed by atoms with E-state index in [2.05, 4.69) is 15.7 Å². The number of nitrogens with one attached hydrogen (secondary N) is 2. The predicted molar refractivity (Wildman–Crippen MR) is 144 cm³/mol. The molecule has 2 aromatic rings. The van der Waals surface area contributed by atoms with E-state index in [9.17, 15) is 32.1 Å². The molecule has 2 aliphatic heterocycles. The summed E-state index contributed by atoms with van der Waals surface area (Å²) in [6, 6.07) is 6.56. The third-order valence-electron chi connectivity index (χ3n) is 7.54. The first-order valence-electron chi connectivity index (χ1n) is 13.3. The van der Waals surface area contributed by atoms with Crippen molar-refractivity contribution in [3.8, 4) is 0 Å². The van der Waals surface area contributed by atoms with Crippen LogP contribution in [0.4, 0.5) is 9.59 Å². The summed E-state index contributed by atoms with van der Waals surface area (Å²) in [5, 5.41) is 10.3. The standard InChI is InChI=1S/C26H30N6O8S/c33-23(28-21-22(18-10-5-2-6-11-18)32(24(21)34)41(37,38)39)20(17-8-3-1-4-9-17)29-25(35)30-13-14-31(26(30)36)27-16-19-12-7-15-40-19/h1,3-4,7-9,12,15-16,18,20-22H,2,5-6,10-11,13-14H2,(H,28,33)(H,29,35)(H,37,38,39)/b27-16+/t20?,21-,22-/m1/s1. The molecule has 15 heteroatoms.